The molecule has 3 N–H and O–H groups in total. The van der Waals surface area contributed by atoms with Crippen molar-refractivity contribution in [3.05, 3.63) is 23.8 Å². The standard InChI is InChI=1S/C6H5F2NO.ClH/c7-4-1-3(10)2-5(8)6(4)9;/h1-2,10H,9H2;1H. The van der Waals surface area contributed by atoms with E-state index in [1.165, 1.54) is 0 Å². The first kappa shape index (κ1) is 9.97. The predicted molar refractivity (Wildman–Crippen MR) is 39.7 cm³/mol. The molecule has 0 heterocycles. The van der Waals surface area contributed by atoms with E-state index in [9.17, 15) is 8.78 Å². The SMILES string of the molecule is Cl.Nc1c(F)cc(O)cc1F. The van der Waals surface area contributed by atoms with Gasteiger partial charge in [0.1, 0.15) is 11.4 Å². The molecule has 1 aromatic rings. The van der Waals surface area contributed by atoms with Gasteiger partial charge in [-0.05, 0) is 0 Å². The fourth-order valence-corrected chi connectivity index (χ4v) is 0.571. The second kappa shape index (κ2) is 3.39. The maximum absolute atomic E-state index is 12.3. The van der Waals surface area contributed by atoms with E-state index in [1.54, 1.807) is 0 Å². The number of nitrogens with two attached hydrogens (primary N) is 1. The minimum Gasteiger partial charge on any atom is -0.508 e. The van der Waals surface area contributed by atoms with E-state index in [1.807, 2.05) is 0 Å². The van der Waals surface area contributed by atoms with Crippen molar-refractivity contribution in [2.45, 2.75) is 0 Å². The average molecular weight is 182 g/mol. The Balaban J connectivity index is 0.000001000. The van der Waals surface area contributed by atoms with Gasteiger partial charge in [-0.3, -0.25) is 0 Å². The Morgan fingerprint density at radius 1 is 1.18 bits per heavy atom. The Kier molecular flexibility index (Phi) is 3.07. The summed E-state index contributed by atoms with van der Waals surface area (Å²) in [6, 6.07) is 1.50. The predicted octanol–water partition coefficient (Wildman–Crippen LogP) is 1.67. The fourth-order valence-electron chi connectivity index (χ4n) is 0.571. The number of benzene rings is 1. The lowest BCUT2D eigenvalue weighted by Gasteiger charge is -1.97. The Morgan fingerprint density at radius 2 is 1.55 bits per heavy atom. The maximum atomic E-state index is 12.3. The second-order valence-electron chi connectivity index (χ2n) is 1.82. The Labute approximate surface area is 68.0 Å². The van der Waals surface area contributed by atoms with Gasteiger partial charge in [0.15, 0.2) is 11.6 Å². The van der Waals surface area contributed by atoms with E-state index < -0.39 is 23.1 Å². The summed E-state index contributed by atoms with van der Waals surface area (Å²) in [4.78, 5) is 0. The first-order valence-corrected chi connectivity index (χ1v) is 2.54. The van der Waals surface area contributed by atoms with Gasteiger partial charge in [0.05, 0.1) is 0 Å². The molecule has 0 bridgehead atoms. The molecule has 11 heavy (non-hydrogen) atoms. The van der Waals surface area contributed by atoms with Gasteiger partial charge in [0.2, 0.25) is 0 Å². The molecule has 0 atom stereocenters. The highest BCUT2D eigenvalue weighted by molar-refractivity contribution is 5.85. The summed E-state index contributed by atoms with van der Waals surface area (Å²) in [5.74, 6) is -2.36. The van der Waals surface area contributed by atoms with Crippen molar-refractivity contribution in [3.63, 3.8) is 0 Å². The minimum absolute atomic E-state index is 0. The van der Waals surface area contributed by atoms with Crippen LogP contribution in [0.3, 0.4) is 0 Å². The molecule has 1 rings (SSSR count). The van der Waals surface area contributed by atoms with E-state index in [0.717, 1.165) is 12.1 Å². The average Bonchev–Trinajstić information content (AvgIpc) is 1.82. The lowest BCUT2D eigenvalue weighted by molar-refractivity contribution is 0.462. The molecule has 0 saturated heterocycles. The third-order valence-electron chi connectivity index (χ3n) is 1.06. The van der Waals surface area contributed by atoms with Crippen molar-refractivity contribution in [2.24, 2.45) is 0 Å². The second-order valence-corrected chi connectivity index (χ2v) is 1.82. The topological polar surface area (TPSA) is 46.2 Å². The largest absolute Gasteiger partial charge is 0.508 e. The van der Waals surface area contributed by atoms with Crippen LogP contribution in [0.1, 0.15) is 0 Å². The maximum Gasteiger partial charge on any atom is 0.152 e. The molecular weight excluding hydrogens is 176 g/mol. The van der Waals surface area contributed by atoms with E-state index in [-0.39, 0.29) is 12.4 Å². The van der Waals surface area contributed by atoms with Crippen LogP contribution in [0.4, 0.5) is 14.5 Å². The third-order valence-corrected chi connectivity index (χ3v) is 1.06. The van der Waals surface area contributed by atoms with Gasteiger partial charge in [-0.25, -0.2) is 8.78 Å². The number of phenols is 1. The van der Waals surface area contributed by atoms with Crippen molar-refractivity contribution < 1.29 is 13.9 Å². The fraction of sp³-hybridized carbons (Fsp3) is 0. The molecule has 62 valence electrons. The van der Waals surface area contributed by atoms with Gasteiger partial charge in [-0.1, -0.05) is 0 Å². The zero-order valence-electron chi connectivity index (χ0n) is 5.34. The molecule has 1 aromatic carbocycles. The molecule has 0 saturated carbocycles. The highest BCUT2D eigenvalue weighted by Crippen LogP contribution is 2.20. The van der Waals surface area contributed by atoms with Crippen LogP contribution in [0.5, 0.6) is 5.75 Å². The molecule has 0 unspecified atom stereocenters. The normalized spacial score (nSPS) is 8.91. The molecular formula is C6H6ClF2NO. The molecule has 0 spiro atoms. The number of anilines is 1. The van der Waals surface area contributed by atoms with Crippen LogP contribution in [0.25, 0.3) is 0 Å². The summed E-state index contributed by atoms with van der Waals surface area (Å²) in [5.41, 5.74) is 4.32. The molecule has 0 amide bonds. The molecule has 0 aliphatic heterocycles. The summed E-state index contributed by atoms with van der Waals surface area (Å²) >= 11 is 0. The van der Waals surface area contributed by atoms with Gasteiger partial charge in [0.25, 0.3) is 0 Å². The van der Waals surface area contributed by atoms with Gasteiger partial charge in [-0.15, -0.1) is 12.4 Å². The van der Waals surface area contributed by atoms with Crippen LogP contribution in [-0.2, 0) is 0 Å². The molecule has 0 radical (unpaired) electrons. The highest BCUT2D eigenvalue weighted by Gasteiger charge is 2.05. The molecule has 0 fully saturated rings. The summed E-state index contributed by atoms with van der Waals surface area (Å²) in [5, 5.41) is 8.58. The van der Waals surface area contributed by atoms with Gasteiger partial charge in [-0.2, -0.15) is 0 Å². The monoisotopic (exact) mass is 181 g/mol. The Bertz CT molecular complexity index is 244. The van der Waals surface area contributed by atoms with Crippen molar-refractivity contribution >= 4 is 18.1 Å². The van der Waals surface area contributed by atoms with E-state index in [2.05, 4.69) is 0 Å². The van der Waals surface area contributed by atoms with Crippen molar-refractivity contribution in [3.8, 4) is 5.75 Å². The van der Waals surface area contributed by atoms with E-state index in [4.69, 9.17) is 10.8 Å². The van der Waals surface area contributed by atoms with Crippen LogP contribution in [0, 0.1) is 11.6 Å². The van der Waals surface area contributed by atoms with Crippen LogP contribution in [0.15, 0.2) is 12.1 Å². The number of hydrogen-bond donors (Lipinski definition) is 2. The van der Waals surface area contributed by atoms with Crippen LogP contribution in [-0.4, -0.2) is 5.11 Å². The number of halogens is 3. The number of rotatable bonds is 0. The van der Waals surface area contributed by atoms with Crippen LogP contribution >= 0.6 is 12.4 Å². The Morgan fingerprint density at radius 3 is 1.91 bits per heavy atom. The molecule has 0 aromatic heterocycles. The summed E-state index contributed by atoms with van der Waals surface area (Å²) in [6.07, 6.45) is 0. The molecule has 5 heteroatoms. The molecule has 2 nitrogen and oxygen atoms in total. The van der Waals surface area contributed by atoms with E-state index >= 15 is 0 Å². The Hall–Kier alpha value is -1.03. The van der Waals surface area contributed by atoms with Crippen LogP contribution < -0.4 is 5.73 Å². The summed E-state index contributed by atoms with van der Waals surface area (Å²) in [6.45, 7) is 0. The van der Waals surface area contributed by atoms with Gasteiger partial charge >= 0.3 is 0 Å². The highest BCUT2D eigenvalue weighted by atomic mass is 35.5. The van der Waals surface area contributed by atoms with Crippen molar-refractivity contribution in [2.75, 3.05) is 5.73 Å². The van der Waals surface area contributed by atoms with Crippen molar-refractivity contribution in [1.29, 1.82) is 0 Å². The quantitative estimate of drug-likeness (QED) is 0.473. The summed E-state index contributed by atoms with van der Waals surface area (Å²) in [7, 11) is 0. The lowest BCUT2D eigenvalue weighted by Crippen LogP contribution is -1.93. The summed E-state index contributed by atoms with van der Waals surface area (Å²) < 4.78 is 24.6. The third kappa shape index (κ3) is 1.94. The number of phenolic OH excluding ortho intramolecular Hbond substituents is 1. The molecule has 0 aliphatic carbocycles. The molecule has 0 aliphatic rings. The zero-order valence-corrected chi connectivity index (χ0v) is 6.16. The lowest BCUT2D eigenvalue weighted by atomic mass is 10.3. The van der Waals surface area contributed by atoms with Gasteiger partial charge in [0, 0.05) is 12.1 Å². The van der Waals surface area contributed by atoms with Crippen molar-refractivity contribution in [1.82, 2.24) is 0 Å². The zero-order chi connectivity index (χ0) is 7.72. The van der Waals surface area contributed by atoms with E-state index in [0.29, 0.717) is 0 Å². The van der Waals surface area contributed by atoms with Crippen LogP contribution in [0.2, 0.25) is 0 Å². The first-order chi connectivity index (χ1) is 4.61. The number of hydrogen-bond acceptors (Lipinski definition) is 2. The first-order valence-electron chi connectivity index (χ1n) is 2.54. The van der Waals surface area contributed by atoms with Gasteiger partial charge < -0.3 is 10.8 Å². The number of nitrogen functional groups attached to an aromatic ring is 1. The minimum atomic E-state index is -0.947. The smallest absolute Gasteiger partial charge is 0.152 e. The number of aromatic hydroxyl groups is 1.